The van der Waals surface area contributed by atoms with Gasteiger partial charge in [-0.05, 0) is 50.5 Å². The van der Waals surface area contributed by atoms with E-state index in [1.165, 1.54) is 30.6 Å². The molecule has 1 aliphatic rings. The summed E-state index contributed by atoms with van der Waals surface area (Å²) in [6, 6.07) is 7.01. The zero-order valence-electron chi connectivity index (χ0n) is 8.96. The highest BCUT2D eigenvalue weighted by Gasteiger charge is 2.20. The van der Waals surface area contributed by atoms with E-state index < -0.39 is 0 Å². The number of hydrogen-bond acceptors (Lipinski definition) is 2. The normalized spacial score (nSPS) is 21.6. The summed E-state index contributed by atoms with van der Waals surface area (Å²) in [4.78, 5) is 2.46. The van der Waals surface area contributed by atoms with Gasteiger partial charge in [0.15, 0.2) is 0 Å². The van der Waals surface area contributed by atoms with Crippen molar-refractivity contribution in [3.05, 3.63) is 23.8 Å². The number of benzene rings is 1. The molecule has 1 aromatic carbocycles. The lowest BCUT2D eigenvalue weighted by Gasteiger charge is -2.24. The highest BCUT2D eigenvalue weighted by molar-refractivity contribution is 5.58. The van der Waals surface area contributed by atoms with Crippen LogP contribution in [0.4, 0.5) is 11.4 Å². The van der Waals surface area contributed by atoms with Crippen LogP contribution >= 0.6 is 0 Å². The summed E-state index contributed by atoms with van der Waals surface area (Å²) in [6.07, 6.45) is 2.62. The second-order valence-corrected chi connectivity index (χ2v) is 4.23. The topological polar surface area (TPSA) is 29.3 Å². The Morgan fingerprint density at radius 1 is 1.43 bits per heavy atom. The van der Waals surface area contributed by atoms with E-state index in [0.717, 1.165) is 5.69 Å². The summed E-state index contributed by atoms with van der Waals surface area (Å²) < 4.78 is 0. The minimum absolute atomic E-state index is 0.679. The van der Waals surface area contributed by atoms with Gasteiger partial charge in [0.25, 0.3) is 0 Å². The van der Waals surface area contributed by atoms with Crippen molar-refractivity contribution in [3.8, 4) is 0 Å². The number of nitrogens with two attached hydrogens (primary N) is 1. The first-order valence-electron chi connectivity index (χ1n) is 5.31. The predicted molar refractivity (Wildman–Crippen MR) is 61.6 cm³/mol. The van der Waals surface area contributed by atoms with Gasteiger partial charge < -0.3 is 10.6 Å². The van der Waals surface area contributed by atoms with Gasteiger partial charge in [-0.15, -0.1) is 0 Å². The van der Waals surface area contributed by atoms with E-state index >= 15 is 0 Å². The minimum Gasteiger partial charge on any atom is -0.399 e. The number of hydrogen-bond donors (Lipinski definition) is 1. The highest BCUT2D eigenvalue weighted by Crippen LogP contribution is 2.27. The maximum atomic E-state index is 5.80. The lowest BCUT2D eigenvalue weighted by molar-refractivity contribution is 0.735. The summed E-state index contributed by atoms with van der Waals surface area (Å²) in [5, 5.41) is 0. The maximum Gasteiger partial charge on any atom is 0.0372 e. The van der Waals surface area contributed by atoms with E-state index in [1.54, 1.807) is 0 Å². The van der Waals surface area contributed by atoms with Gasteiger partial charge in [0, 0.05) is 24.0 Å². The fourth-order valence-corrected chi connectivity index (χ4v) is 2.16. The van der Waals surface area contributed by atoms with Gasteiger partial charge in [-0.2, -0.15) is 0 Å². The standard InChI is InChI=1S/C12H18N2/c1-9-8-11(5-6-12(9)13)14-7-3-4-10(14)2/h5-6,8,10H,3-4,7,13H2,1-2H3. The maximum absolute atomic E-state index is 5.80. The SMILES string of the molecule is Cc1cc(N2CCCC2C)ccc1N. The molecule has 1 saturated heterocycles. The van der Waals surface area contributed by atoms with Crippen molar-refractivity contribution in [2.24, 2.45) is 0 Å². The first-order valence-corrected chi connectivity index (χ1v) is 5.31. The molecule has 1 fully saturated rings. The average Bonchev–Trinajstić information content (AvgIpc) is 2.57. The van der Waals surface area contributed by atoms with E-state index in [2.05, 4.69) is 30.9 Å². The van der Waals surface area contributed by atoms with Crippen molar-refractivity contribution in [3.63, 3.8) is 0 Å². The molecule has 0 saturated carbocycles. The van der Waals surface area contributed by atoms with Gasteiger partial charge in [-0.25, -0.2) is 0 Å². The summed E-state index contributed by atoms with van der Waals surface area (Å²) in [6.45, 7) is 5.54. The smallest absolute Gasteiger partial charge is 0.0372 e. The van der Waals surface area contributed by atoms with Crippen molar-refractivity contribution in [2.75, 3.05) is 17.2 Å². The Bertz CT molecular complexity index is 333. The summed E-state index contributed by atoms with van der Waals surface area (Å²) >= 11 is 0. The number of nitrogens with zero attached hydrogens (tertiary/aromatic N) is 1. The van der Waals surface area contributed by atoms with E-state index in [-0.39, 0.29) is 0 Å². The molecule has 14 heavy (non-hydrogen) atoms. The van der Waals surface area contributed by atoms with Crippen LogP contribution in [0.25, 0.3) is 0 Å². The van der Waals surface area contributed by atoms with Crippen LogP contribution in [0.2, 0.25) is 0 Å². The Balaban J connectivity index is 2.28. The lowest BCUT2D eigenvalue weighted by atomic mass is 10.1. The fourth-order valence-electron chi connectivity index (χ4n) is 2.16. The Labute approximate surface area is 85.7 Å². The van der Waals surface area contributed by atoms with Crippen LogP contribution in [-0.4, -0.2) is 12.6 Å². The van der Waals surface area contributed by atoms with Crippen molar-refractivity contribution in [2.45, 2.75) is 32.7 Å². The van der Waals surface area contributed by atoms with Gasteiger partial charge in [-0.3, -0.25) is 0 Å². The molecule has 2 heteroatoms. The van der Waals surface area contributed by atoms with E-state index in [1.807, 2.05) is 6.07 Å². The van der Waals surface area contributed by atoms with E-state index in [0.29, 0.717) is 6.04 Å². The number of rotatable bonds is 1. The Morgan fingerprint density at radius 3 is 2.79 bits per heavy atom. The van der Waals surface area contributed by atoms with Crippen LogP contribution in [-0.2, 0) is 0 Å². The van der Waals surface area contributed by atoms with Gasteiger partial charge in [0.05, 0.1) is 0 Å². The van der Waals surface area contributed by atoms with Gasteiger partial charge >= 0.3 is 0 Å². The molecule has 76 valence electrons. The molecule has 2 rings (SSSR count). The summed E-state index contributed by atoms with van der Waals surface area (Å²) in [7, 11) is 0. The molecule has 0 spiro atoms. The fraction of sp³-hybridized carbons (Fsp3) is 0.500. The number of aryl methyl sites for hydroxylation is 1. The molecule has 1 atom stereocenters. The second kappa shape index (κ2) is 3.52. The molecule has 2 N–H and O–H groups in total. The molecule has 0 amide bonds. The monoisotopic (exact) mass is 190 g/mol. The van der Waals surface area contributed by atoms with Crippen molar-refractivity contribution in [1.29, 1.82) is 0 Å². The molecule has 1 heterocycles. The molecular formula is C12H18N2. The minimum atomic E-state index is 0.679. The van der Waals surface area contributed by atoms with Gasteiger partial charge in [-0.1, -0.05) is 0 Å². The van der Waals surface area contributed by atoms with Gasteiger partial charge in [0.2, 0.25) is 0 Å². The van der Waals surface area contributed by atoms with E-state index in [9.17, 15) is 0 Å². The Hall–Kier alpha value is -1.18. The molecule has 0 bridgehead atoms. The zero-order chi connectivity index (χ0) is 10.1. The lowest BCUT2D eigenvalue weighted by Crippen LogP contribution is -2.26. The van der Waals surface area contributed by atoms with Crippen molar-refractivity contribution in [1.82, 2.24) is 0 Å². The van der Waals surface area contributed by atoms with Crippen LogP contribution in [0.3, 0.4) is 0 Å². The molecule has 1 aromatic rings. The Kier molecular flexibility index (Phi) is 2.36. The third-order valence-electron chi connectivity index (χ3n) is 3.14. The zero-order valence-corrected chi connectivity index (χ0v) is 8.96. The first kappa shape index (κ1) is 9.38. The molecule has 2 nitrogen and oxygen atoms in total. The Morgan fingerprint density at radius 2 is 2.21 bits per heavy atom. The third kappa shape index (κ3) is 1.57. The number of anilines is 2. The van der Waals surface area contributed by atoms with Crippen LogP contribution in [0.15, 0.2) is 18.2 Å². The molecule has 1 aliphatic heterocycles. The number of nitrogen functional groups attached to an aromatic ring is 1. The molecule has 1 unspecified atom stereocenters. The largest absolute Gasteiger partial charge is 0.399 e. The summed E-state index contributed by atoms with van der Waals surface area (Å²) in [5.74, 6) is 0. The highest BCUT2D eigenvalue weighted by atomic mass is 15.2. The van der Waals surface area contributed by atoms with Crippen molar-refractivity contribution < 1.29 is 0 Å². The third-order valence-corrected chi connectivity index (χ3v) is 3.14. The van der Waals surface area contributed by atoms with Crippen LogP contribution in [0, 0.1) is 6.92 Å². The molecule has 0 aromatic heterocycles. The first-order chi connectivity index (χ1) is 6.68. The average molecular weight is 190 g/mol. The van der Waals surface area contributed by atoms with Crippen LogP contribution in [0.5, 0.6) is 0 Å². The van der Waals surface area contributed by atoms with Crippen LogP contribution in [0.1, 0.15) is 25.3 Å². The summed E-state index contributed by atoms with van der Waals surface area (Å²) in [5.41, 5.74) is 9.20. The van der Waals surface area contributed by atoms with Crippen molar-refractivity contribution >= 4 is 11.4 Å². The quantitative estimate of drug-likeness (QED) is 0.690. The van der Waals surface area contributed by atoms with Crippen LogP contribution < -0.4 is 10.6 Å². The second-order valence-electron chi connectivity index (χ2n) is 4.23. The molecular weight excluding hydrogens is 172 g/mol. The van der Waals surface area contributed by atoms with E-state index in [4.69, 9.17) is 5.73 Å². The predicted octanol–water partition coefficient (Wildman–Crippen LogP) is 2.57. The van der Waals surface area contributed by atoms with Gasteiger partial charge in [0.1, 0.15) is 0 Å². The molecule has 0 radical (unpaired) electrons. The molecule has 0 aliphatic carbocycles.